The molecular formula is C8H15N5. The molecule has 0 fully saturated rings. The van der Waals surface area contributed by atoms with Gasteiger partial charge in [-0.3, -0.25) is 0 Å². The van der Waals surface area contributed by atoms with Gasteiger partial charge in [-0.15, -0.1) is 0 Å². The number of anilines is 2. The molecule has 2 heterocycles. The number of hydrazine groups is 1. The zero-order chi connectivity index (χ0) is 9.59. The Kier molecular flexibility index (Phi) is 1.69. The summed E-state index contributed by atoms with van der Waals surface area (Å²) in [5.74, 6) is 1.36. The molecule has 1 aromatic heterocycles. The van der Waals surface area contributed by atoms with Crippen molar-refractivity contribution in [1.29, 1.82) is 0 Å². The van der Waals surface area contributed by atoms with Crippen molar-refractivity contribution < 1.29 is 0 Å². The molecule has 2 rings (SSSR count). The summed E-state index contributed by atoms with van der Waals surface area (Å²) in [4.78, 5) is 0. The highest BCUT2D eigenvalue weighted by Crippen LogP contribution is 2.31. The van der Waals surface area contributed by atoms with E-state index in [1.165, 1.54) is 0 Å². The lowest BCUT2D eigenvalue weighted by Gasteiger charge is -2.14. The van der Waals surface area contributed by atoms with Crippen LogP contribution in [0.1, 0.15) is 25.7 Å². The Hall–Kier alpha value is -1.23. The van der Waals surface area contributed by atoms with Crippen molar-refractivity contribution in [2.75, 3.05) is 11.2 Å². The molecule has 13 heavy (non-hydrogen) atoms. The van der Waals surface area contributed by atoms with Crippen LogP contribution in [0.3, 0.4) is 0 Å². The van der Waals surface area contributed by atoms with Gasteiger partial charge in [-0.2, -0.15) is 5.10 Å². The Balaban J connectivity index is 2.43. The highest BCUT2D eigenvalue weighted by atomic mass is 15.6. The van der Waals surface area contributed by atoms with Crippen molar-refractivity contribution in [1.82, 2.24) is 15.2 Å². The number of rotatable bonds is 1. The lowest BCUT2D eigenvalue weighted by molar-refractivity contribution is 0.334. The van der Waals surface area contributed by atoms with Gasteiger partial charge in [0.25, 0.3) is 0 Å². The molecule has 0 amide bonds. The van der Waals surface area contributed by atoms with Crippen LogP contribution < -0.4 is 16.6 Å². The minimum atomic E-state index is 0.200. The van der Waals surface area contributed by atoms with Crippen molar-refractivity contribution in [2.45, 2.75) is 26.9 Å². The number of aryl methyl sites for hydroxylation is 1. The van der Waals surface area contributed by atoms with E-state index in [0.29, 0.717) is 5.92 Å². The first-order valence-electron chi connectivity index (χ1n) is 4.47. The maximum atomic E-state index is 5.83. The number of hydrogen-bond acceptors (Lipinski definition) is 4. The molecule has 0 saturated heterocycles. The van der Waals surface area contributed by atoms with Crippen molar-refractivity contribution in [3.63, 3.8) is 0 Å². The Morgan fingerprint density at radius 1 is 1.54 bits per heavy atom. The van der Waals surface area contributed by atoms with E-state index in [1.54, 1.807) is 0 Å². The largest absolute Gasteiger partial charge is 0.394 e. The van der Waals surface area contributed by atoms with E-state index in [4.69, 9.17) is 5.73 Å². The van der Waals surface area contributed by atoms with E-state index in [-0.39, 0.29) is 6.17 Å². The zero-order valence-electron chi connectivity index (χ0n) is 8.13. The number of hydrogen-bond donors (Lipinski definition) is 3. The Labute approximate surface area is 77.3 Å². The van der Waals surface area contributed by atoms with E-state index in [2.05, 4.69) is 29.8 Å². The Bertz CT molecular complexity index is 328. The van der Waals surface area contributed by atoms with Crippen LogP contribution in [-0.2, 0) is 0 Å². The summed E-state index contributed by atoms with van der Waals surface area (Å²) < 4.78 is 1.91. The first-order chi connectivity index (χ1) is 6.11. The van der Waals surface area contributed by atoms with Gasteiger partial charge in [0.1, 0.15) is 6.17 Å². The van der Waals surface area contributed by atoms with E-state index in [0.717, 1.165) is 17.2 Å². The van der Waals surface area contributed by atoms with E-state index >= 15 is 0 Å². The predicted octanol–water partition coefficient (Wildman–Crippen LogP) is 0.858. The van der Waals surface area contributed by atoms with Gasteiger partial charge >= 0.3 is 0 Å². The molecule has 0 aliphatic carbocycles. The third-order valence-corrected chi connectivity index (χ3v) is 2.37. The molecule has 0 saturated carbocycles. The summed E-state index contributed by atoms with van der Waals surface area (Å²) in [5, 5.41) is 4.36. The quantitative estimate of drug-likeness (QED) is 0.601. The molecule has 0 bridgehead atoms. The van der Waals surface area contributed by atoms with Crippen LogP contribution in [0.2, 0.25) is 0 Å². The molecule has 0 spiro atoms. The Morgan fingerprint density at radius 2 is 2.23 bits per heavy atom. The summed E-state index contributed by atoms with van der Waals surface area (Å²) in [7, 11) is 0. The predicted molar refractivity (Wildman–Crippen MR) is 52.0 cm³/mol. The summed E-state index contributed by atoms with van der Waals surface area (Å²) in [5.41, 5.74) is 13.6. The molecule has 1 aliphatic heterocycles. The molecule has 1 aromatic rings. The number of nitrogen functional groups attached to an aromatic ring is 1. The highest BCUT2D eigenvalue weighted by Gasteiger charge is 2.27. The van der Waals surface area contributed by atoms with Crippen LogP contribution >= 0.6 is 0 Å². The monoisotopic (exact) mass is 181 g/mol. The van der Waals surface area contributed by atoms with Crippen LogP contribution in [0.5, 0.6) is 0 Å². The van der Waals surface area contributed by atoms with Crippen LogP contribution in [0.4, 0.5) is 11.5 Å². The first-order valence-corrected chi connectivity index (χ1v) is 4.47. The summed E-state index contributed by atoms with van der Waals surface area (Å²) >= 11 is 0. The summed E-state index contributed by atoms with van der Waals surface area (Å²) in [6.07, 6.45) is 0.200. The smallest absolute Gasteiger partial charge is 0.164 e. The molecule has 5 heteroatoms. The zero-order valence-corrected chi connectivity index (χ0v) is 8.13. The van der Waals surface area contributed by atoms with E-state index < -0.39 is 0 Å². The van der Waals surface area contributed by atoms with Crippen molar-refractivity contribution in [3.8, 4) is 0 Å². The van der Waals surface area contributed by atoms with Gasteiger partial charge in [0.15, 0.2) is 5.82 Å². The molecular weight excluding hydrogens is 166 g/mol. The van der Waals surface area contributed by atoms with Gasteiger partial charge in [0.2, 0.25) is 0 Å². The summed E-state index contributed by atoms with van der Waals surface area (Å²) in [6.45, 7) is 6.20. The number of aromatic nitrogens is 2. The van der Waals surface area contributed by atoms with Crippen LogP contribution in [0.25, 0.3) is 0 Å². The van der Waals surface area contributed by atoms with Gasteiger partial charge in [-0.1, -0.05) is 13.8 Å². The highest BCUT2D eigenvalue weighted by molar-refractivity contribution is 5.65. The van der Waals surface area contributed by atoms with Gasteiger partial charge in [-0.25, -0.2) is 10.1 Å². The molecule has 72 valence electrons. The number of nitrogens with zero attached hydrogens (tertiary/aromatic N) is 2. The SMILES string of the molecule is Cc1nn2c(c1N)NNC2C(C)C. The minimum Gasteiger partial charge on any atom is -0.394 e. The van der Waals surface area contributed by atoms with Crippen LogP contribution in [0.15, 0.2) is 0 Å². The van der Waals surface area contributed by atoms with Crippen LogP contribution in [-0.4, -0.2) is 9.78 Å². The Morgan fingerprint density at radius 3 is 2.85 bits per heavy atom. The third-order valence-electron chi connectivity index (χ3n) is 2.37. The lowest BCUT2D eigenvalue weighted by atomic mass is 10.2. The average Bonchev–Trinajstić information content (AvgIpc) is 2.55. The minimum absolute atomic E-state index is 0.200. The topological polar surface area (TPSA) is 67.9 Å². The van der Waals surface area contributed by atoms with Gasteiger partial charge in [0, 0.05) is 0 Å². The fourth-order valence-electron chi connectivity index (χ4n) is 1.54. The van der Waals surface area contributed by atoms with Gasteiger partial charge < -0.3 is 11.2 Å². The molecule has 0 radical (unpaired) electrons. The summed E-state index contributed by atoms with van der Waals surface area (Å²) in [6, 6.07) is 0. The van der Waals surface area contributed by atoms with Crippen molar-refractivity contribution in [2.24, 2.45) is 5.92 Å². The molecule has 5 nitrogen and oxygen atoms in total. The fourth-order valence-corrected chi connectivity index (χ4v) is 1.54. The molecule has 1 unspecified atom stereocenters. The number of nitrogens with two attached hydrogens (primary N) is 1. The maximum Gasteiger partial charge on any atom is 0.164 e. The van der Waals surface area contributed by atoms with Gasteiger partial charge in [-0.05, 0) is 12.8 Å². The molecule has 1 atom stereocenters. The van der Waals surface area contributed by atoms with E-state index in [1.807, 2.05) is 11.6 Å². The van der Waals surface area contributed by atoms with Crippen molar-refractivity contribution in [3.05, 3.63) is 5.69 Å². The average molecular weight is 181 g/mol. The van der Waals surface area contributed by atoms with E-state index in [9.17, 15) is 0 Å². The van der Waals surface area contributed by atoms with Gasteiger partial charge in [0.05, 0.1) is 11.4 Å². The second-order valence-electron chi connectivity index (χ2n) is 3.75. The maximum absolute atomic E-state index is 5.83. The van der Waals surface area contributed by atoms with Crippen LogP contribution in [0, 0.1) is 12.8 Å². The molecule has 0 aromatic carbocycles. The second-order valence-corrected chi connectivity index (χ2v) is 3.75. The normalized spacial score (nSPS) is 20.5. The number of fused-ring (bicyclic) bond motifs is 1. The van der Waals surface area contributed by atoms with Crippen molar-refractivity contribution >= 4 is 11.5 Å². The molecule has 1 aliphatic rings. The first kappa shape index (κ1) is 8.37. The molecule has 4 N–H and O–H groups in total. The number of nitrogens with one attached hydrogen (secondary N) is 2. The second kappa shape index (κ2) is 2.63. The third kappa shape index (κ3) is 1.07. The lowest BCUT2D eigenvalue weighted by Crippen LogP contribution is -2.27. The fraction of sp³-hybridized carbons (Fsp3) is 0.625. The standard InChI is InChI=1S/C8H15N5/c1-4(2)7-10-11-8-6(9)5(3)12-13(7)8/h4,7,10-11H,9H2,1-3H3.